The van der Waals surface area contributed by atoms with Gasteiger partial charge >= 0.3 is 0 Å². The Balaban J connectivity index is 1.34. The van der Waals surface area contributed by atoms with Crippen LogP contribution in [-0.2, 0) is 4.79 Å². The third kappa shape index (κ3) is 6.88. The monoisotopic (exact) mass is 433 g/mol. The summed E-state index contributed by atoms with van der Waals surface area (Å²) in [4.78, 5) is 19.8. The van der Waals surface area contributed by atoms with Gasteiger partial charge in [0, 0.05) is 56.4 Å². The van der Waals surface area contributed by atoms with E-state index in [2.05, 4.69) is 54.5 Å². The number of hydrogen-bond donors (Lipinski definition) is 0. The number of hydrogen-bond acceptors (Lipinski definition) is 3. The number of carbonyl (C=O) groups excluding carboxylic acids is 1. The molecule has 3 rings (SSSR count). The van der Waals surface area contributed by atoms with Gasteiger partial charge in [0.1, 0.15) is 0 Å². The fourth-order valence-electron chi connectivity index (χ4n) is 5.46. The molecule has 0 atom stereocenters. The molecule has 0 aliphatic carbocycles. The first-order chi connectivity index (χ1) is 14.1. The molecular formula is C25H40ClN3O. The molecule has 0 spiro atoms. The van der Waals surface area contributed by atoms with E-state index in [1.165, 1.54) is 18.5 Å². The fourth-order valence-corrected chi connectivity index (χ4v) is 5.65. The lowest BCUT2D eigenvalue weighted by Crippen LogP contribution is -2.46. The average molecular weight is 434 g/mol. The molecule has 0 N–H and O–H groups in total. The molecular weight excluding hydrogens is 394 g/mol. The summed E-state index contributed by atoms with van der Waals surface area (Å²) in [6.07, 6.45) is 5.33. The van der Waals surface area contributed by atoms with Gasteiger partial charge in [0.25, 0.3) is 0 Å². The lowest BCUT2D eigenvalue weighted by atomic mass is 9.74. The maximum Gasteiger partial charge on any atom is 0.223 e. The van der Waals surface area contributed by atoms with Gasteiger partial charge in [-0.1, -0.05) is 51.8 Å². The number of nitrogens with zero attached hydrogens (tertiary/aromatic N) is 3. The minimum absolute atomic E-state index is 0.114. The van der Waals surface area contributed by atoms with Gasteiger partial charge in [-0.2, -0.15) is 0 Å². The average Bonchev–Trinajstić information content (AvgIpc) is 2.73. The molecule has 2 saturated heterocycles. The van der Waals surface area contributed by atoms with Gasteiger partial charge in [0.05, 0.1) is 0 Å². The van der Waals surface area contributed by atoms with Crippen molar-refractivity contribution in [2.24, 2.45) is 10.8 Å². The van der Waals surface area contributed by atoms with Crippen LogP contribution in [0.3, 0.4) is 0 Å². The van der Waals surface area contributed by atoms with E-state index in [0.717, 1.165) is 63.7 Å². The van der Waals surface area contributed by atoms with Crippen molar-refractivity contribution in [1.82, 2.24) is 9.80 Å². The lowest BCUT2D eigenvalue weighted by Gasteiger charge is -2.36. The Morgan fingerprint density at radius 3 is 2.33 bits per heavy atom. The van der Waals surface area contributed by atoms with Crippen molar-refractivity contribution in [2.75, 3.05) is 50.7 Å². The second-order valence-corrected chi connectivity index (χ2v) is 11.3. The SMILES string of the molecule is CC1(C)CC(=O)N(CCCCCN2CCN(c3cccc(Cl)c3)CC2)CC(C)(C)C1. The fraction of sp³-hybridized carbons (Fsp3) is 0.720. The van der Waals surface area contributed by atoms with E-state index in [9.17, 15) is 4.79 Å². The maximum absolute atomic E-state index is 12.7. The highest BCUT2D eigenvalue weighted by atomic mass is 35.5. The van der Waals surface area contributed by atoms with Crippen molar-refractivity contribution in [3.05, 3.63) is 29.3 Å². The first kappa shape index (κ1) is 23.4. The van der Waals surface area contributed by atoms with Crippen LogP contribution in [0.25, 0.3) is 0 Å². The lowest BCUT2D eigenvalue weighted by molar-refractivity contribution is -0.132. The zero-order valence-electron chi connectivity index (χ0n) is 19.4. The molecule has 0 unspecified atom stereocenters. The number of rotatable bonds is 7. The van der Waals surface area contributed by atoms with E-state index in [1.54, 1.807) is 0 Å². The zero-order valence-corrected chi connectivity index (χ0v) is 20.2. The van der Waals surface area contributed by atoms with Crippen LogP contribution in [0.4, 0.5) is 5.69 Å². The first-order valence-electron chi connectivity index (χ1n) is 11.6. The Morgan fingerprint density at radius 2 is 1.63 bits per heavy atom. The molecule has 30 heavy (non-hydrogen) atoms. The number of unbranched alkanes of at least 4 members (excludes halogenated alkanes) is 2. The molecule has 0 saturated carbocycles. The second kappa shape index (κ2) is 9.91. The molecule has 1 aromatic rings. The van der Waals surface area contributed by atoms with Crippen LogP contribution in [0.15, 0.2) is 24.3 Å². The first-order valence-corrected chi connectivity index (χ1v) is 12.0. The highest BCUT2D eigenvalue weighted by molar-refractivity contribution is 6.30. The smallest absolute Gasteiger partial charge is 0.223 e. The van der Waals surface area contributed by atoms with Crippen LogP contribution < -0.4 is 4.90 Å². The molecule has 0 radical (unpaired) electrons. The van der Waals surface area contributed by atoms with Crippen LogP contribution in [0, 0.1) is 10.8 Å². The highest BCUT2D eigenvalue weighted by Crippen LogP contribution is 2.40. The highest BCUT2D eigenvalue weighted by Gasteiger charge is 2.37. The molecule has 0 bridgehead atoms. The van der Waals surface area contributed by atoms with Crippen molar-refractivity contribution in [3.63, 3.8) is 0 Å². The summed E-state index contributed by atoms with van der Waals surface area (Å²) >= 11 is 6.13. The summed E-state index contributed by atoms with van der Waals surface area (Å²) in [6.45, 7) is 16.4. The van der Waals surface area contributed by atoms with Crippen LogP contribution >= 0.6 is 11.6 Å². The number of piperazine rings is 1. The standard InChI is InChI=1S/C25H40ClN3O/c1-24(2)18-23(30)29(20-25(3,4)19-24)12-7-5-6-11-27-13-15-28(16-14-27)22-10-8-9-21(26)17-22/h8-10,17H,5-7,11-16,18-20H2,1-4H3. The van der Waals surface area contributed by atoms with E-state index in [-0.39, 0.29) is 10.8 Å². The molecule has 2 heterocycles. The molecule has 5 heteroatoms. The predicted octanol–water partition coefficient (Wildman–Crippen LogP) is 5.31. The number of anilines is 1. The van der Waals surface area contributed by atoms with Crippen molar-refractivity contribution in [1.29, 1.82) is 0 Å². The summed E-state index contributed by atoms with van der Waals surface area (Å²) < 4.78 is 0. The Morgan fingerprint density at radius 1 is 0.933 bits per heavy atom. The minimum Gasteiger partial charge on any atom is -0.369 e. The van der Waals surface area contributed by atoms with Gasteiger partial charge in [-0.05, 0) is 54.8 Å². The Kier molecular flexibility index (Phi) is 7.73. The topological polar surface area (TPSA) is 26.8 Å². The number of benzene rings is 1. The zero-order chi connectivity index (χ0) is 21.8. The molecule has 4 nitrogen and oxygen atoms in total. The molecule has 1 aromatic carbocycles. The van der Waals surface area contributed by atoms with Crippen molar-refractivity contribution in [2.45, 2.75) is 59.8 Å². The molecule has 168 valence electrons. The van der Waals surface area contributed by atoms with E-state index in [4.69, 9.17) is 11.6 Å². The van der Waals surface area contributed by atoms with Crippen LogP contribution in [0.2, 0.25) is 5.02 Å². The van der Waals surface area contributed by atoms with E-state index in [1.807, 2.05) is 12.1 Å². The summed E-state index contributed by atoms with van der Waals surface area (Å²) in [6, 6.07) is 8.17. The summed E-state index contributed by atoms with van der Waals surface area (Å²) in [5.41, 5.74) is 1.55. The maximum atomic E-state index is 12.7. The number of amides is 1. The molecule has 2 fully saturated rings. The quantitative estimate of drug-likeness (QED) is 0.545. The van der Waals surface area contributed by atoms with Gasteiger partial charge < -0.3 is 9.80 Å². The van der Waals surface area contributed by atoms with Gasteiger partial charge in [-0.15, -0.1) is 0 Å². The molecule has 2 aliphatic rings. The van der Waals surface area contributed by atoms with E-state index in [0.29, 0.717) is 12.3 Å². The number of halogens is 1. The molecule has 2 aliphatic heterocycles. The van der Waals surface area contributed by atoms with Crippen molar-refractivity contribution >= 4 is 23.2 Å². The Labute approximate surface area is 188 Å². The number of carbonyl (C=O) groups is 1. The van der Waals surface area contributed by atoms with E-state index >= 15 is 0 Å². The molecule has 1 amide bonds. The van der Waals surface area contributed by atoms with Gasteiger partial charge in [-0.3, -0.25) is 9.69 Å². The summed E-state index contributed by atoms with van der Waals surface area (Å²) in [5, 5.41) is 0.810. The second-order valence-electron chi connectivity index (χ2n) is 10.9. The molecule has 0 aromatic heterocycles. The third-order valence-electron chi connectivity index (χ3n) is 6.51. The predicted molar refractivity (Wildman–Crippen MR) is 127 cm³/mol. The minimum atomic E-state index is 0.114. The van der Waals surface area contributed by atoms with Crippen LogP contribution in [0.5, 0.6) is 0 Å². The Hall–Kier alpha value is -1.26. The van der Waals surface area contributed by atoms with Crippen molar-refractivity contribution in [3.8, 4) is 0 Å². The third-order valence-corrected chi connectivity index (χ3v) is 6.74. The van der Waals surface area contributed by atoms with E-state index < -0.39 is 0 Å². The van der Waals surface area contributed by atoms with Gasteiger partial charge in [-0.25, -0.2) is 0 Å². The van der Waals surface area contributed by atoms with Gasteiger partial charge in [0.15, 0.2) is 0 Å². The van der Waals surface area contributed by atoms with Crippen LogP contribution in [0.1, 0.15) is 59.8 Å². The normalized spacial score (nSPS) is 22.2. The van der Waals surface area contributed by atoms with Gasteiger partial charge in [0.2, 0.25) is 5.91 Å². The Bertz CT molecular complexity index is 710. The summed E-state index contributed by atoms with van der Waals surface area (Å²) in [5.74, 6) is 0.350. The van der Waals surface area contributed by atoms with Crippen molar-refractivity contribution < 1.29 is 4.79 Å². The largest absolute Gasteiger partial charge is 0.369 e. The number of likely N-dealkylation sites (tertiary alicyclic amines) is 1. The summed E-state index contributed by atoms with van der Waals surface area (Å²) in [7, 11) is 0. The van der Waals surface area contributed by atoms with Crippen LogP contribution in [-0.4, -0.2) is 61.5 Å².